The van der Waals surface area contributed by atoms with Crippen molar-refractivity contribution >= 4 is 33.0 Å². The lowest BCUT2D eigenvalue weighted by Gasteiger charge is -2.10. The summed E-state index contributed by atoms with van der Waals surface area (Å²) in [6, 6.07) is 8.18. The predicted octanol–water partition coefficient (Wildman–Crippen LogP) is 3.42. The number of benzene rings is 2. The first-order valence-electron chi connectivity index (χ1n) is 6.19. The Morgan fingerprint density at radius 2 is 1.95 bits per heavy atom. The maximum absolute atomic E-state index is 13.3. The van der Waals surface area contributed by atoms with Gasteiger partial charge in [0.25, 0.3) is 10.0 Å². The smallest absolute Gasteiger partial charge is 0.261 e. The number of hydrogen-bond acceptors (Lipinski definition) is 3. The van der Waals surface area contributed by atoms with Gasteiger partial charge in [-0.05, 0) is 42.3 Å². The monoisotopic (exact) mass is 328 g/mol. The van der Waals surface area contributed by atoms with Crippen LogP contribution in [-0.2, 0) is 16.4 Å². The molecule has 4 nitrogen and oxygen atoms in total. The fourth-order valence-corrected chi connectivity index (χ4v) is 3.04. The summed E-state index contributed by atoms with van der Waals surface area (Å²) in [5, 5.41) is -0.0745. The standard InChI is InChI=1S/C14H14ClFN2O2S/c1-2-9-3-5-11(8-14(9)17)21(19,20)18-10-4-6-12(15)13(16)7-10/h3-8,18H,2,17H2,1H3. The molecule has 2 aromatic rings. The van der Waals surface area contributed by atoms with Gasteiger partial charge >= 0.3 is 0 Å². The minimum Gasteiger partial charge on any atom is -0.398 e. The van der Waals surface area contributed by atoms with Crippen LogP contribution in [0.3, 0.4) is 0 Å². The average Bonchev–Trinajstić information content (AvgIpc) is 2.42. The molecule has 0 aliphatic rings. The van der Waals surface area contributed by atoms with E-state index in [1.807, 2.05) is 6.92 Å². The molecule has 2 aromatic carbocycles. The van der Waals surface area contributed by atoms with E-state index in [0.717, 1.165) is 11.6 Å². The second-order valence-corrected chi connectivity index (χ2v) is 6.54. The molecular weight excluding hydrogens is 315 g/mol. The Bertz CT molecular complexity index is 779. The molecule has 7 heteroatoms. The van der Waals surface area contributed by atoms with Gasteiger partial charge in [-0.25, -0.2) is 12.8 Å². The number of aryl methyl sites for hydroxylation is 1. The normalized spacial score (nSPS) is 11.4. The van der Waals surface area contributed by atoms with E-state index in [9.17, 15) is 12.8 Å². The second kappa shape index (κ2) is 5.91. The first kappa shape index (κ1) is 15.6. The minimum atomic E-state index is -3.83. The molecule has 21 heavy (non-hydrogen) atoms. The number of hydrogen-bond donors (Lipinski definition) is 2. The first-order valence-corrected chi connectivity index (χ1v) is 8.06. The minimum absolute atomic E-state index is 0.0209. The van der Waals surface area contributed by atoms with Gasteiger partial charge in [0, 0.05) is 5.69 Å². The molecule has 0 spiro atoms. The molecule has 0 aliphatic carbocycles. The van der Waals surface area contributed by atoms with E-state index in [1.165, 1.54) is 24.3 Å². The first-order chi connectivity index (χ1) is 9.83. The molecule has 0 amide bonds. The van der Waals surface area contributed by atoms with Crippen LogP contribution < -0.4 is 10.5 Å². The van der Waals surface area contributed by atoms with Gasteiger partial charge < -0.3 is 5.73 Å². The second-order valence-electron chi connectivity index (χ2n) is 4.45. The van der Waals surface area contributed by atoms with E-state index < -0.39 is 15.8 Å². The van der Waals surface area contributed by atoms with Crippen molar-refractivity contribution in [2.45, 2.75) is 18.2 Å². The molecule has 0 atom stereocenters. The van der Waals surface area contributed by atoms with Gasteiger partial charge in [0.2, 0.25) is 0 Å². The van der Waals surface area contributed by atoms with Crippen molar-refractivity contribution < 1.29 is 12.8 Å². The molecular formula is C14H14ClFN2O2S. The van der Waals surface area contributed by atoms with Crippen molar-refractivity contribution in [3.63, 3.8) is 0 Å². The zero-order chi connectivity index (χ0) is 15.6. The molecule has 3 N–H and O–H groups in total. The number of halogens is 2. The fourth-order valence-electron chi connectivity index (χ4n) is 1.84. The largest absolute Gasteiger partial charge is 0.398 e. The number of rotatable bonds is 4. The average molecular weight is 329 g/mol. The lowest BCUT2D eigenvalue weighted by Crippen LogP contribution is -2.13. The van der Waals surface area contributed by atoms with E-state index in [2.05, 4.69) is 4.72 Å². The van der Waals surface area contributed by atoms with Crippen LogP contribution in [0.25, 0.3) is 0 Å². The van der Waals surface area contributed by atoms with Crippen LogP contribution in [0.5, 0.6) is 0 Å². The highest BCUT2D eigenvalue weighted by Crippen LogP contribution is 2.23. The van der Waals surface area contributed by atoms with E-state index >= 15 is 0 Å². The quantitative estimate of drug-likeness (QED) is 0.845. The van der Waals surface area contributed by atoms with Crippen molar-refractivity contribution in [3.05, 3.63) is 52.8 Å². The van der Waals surface area contributed by atoms with E-state index in [4.69, 9.17) is 17.3 Å². The van der Waals surface area contributed by atoms with Crippen LogP contribution in [-0.4, -0.2) is 8.42 Å². The Morgan fingerprint density at radius 1 is 1.24 bits per heavy atom. The van der Waals surface area contributed by atoms with Crippen LogP contribution in [0.4, 0.5) is 15.8 Å². The van der Waals surface area contributed by atoms with Gasteiger partial charge in [-0.2, -0.15) is 0 Å². The number of nitrogens with two attached hydrogens (primary N) is 1. The Kier molecular flexibility index (Phi) is 4.39. The molecule has 0 saturated carbocycles. The van der Waals surface area contributed by atoms with Crippen LogP contribution in [0.1, 0.15) is 12.5 Å². The van der Waals surface area contributed by atoms with Gasteiger partial charge in [-0.15, -0.1) is 0 Å². The number of nitrogen functional groups attached to an aromatic ring is 1. The highest BCUT2D eigenvalue weighted by molar-refractivity contribution is 7.92. The van der Waals surface area contributed by atoms with Crippen molar-refractivity contribution in [1.29, 1.82) is 0 Å². The van der Waals surface area contributed by atoms with Crippen LogP contribution >= 0.6 is 11.6 Å². The topological polar surface area (TPSA) is 72.2 Å². The van der Waals surface area contributed by atoms with Crippen molar-refractivity contribution in [2.24, 2.45) is 0 Å². The molecule has 0 aromatic heterocycles. The predicted molar refractivity (Wildman–Crippen MR) is 82.5 cm³/mol. The highest BCUT2D eigenvalue weighted by Gasteiger charge is 2.16. The maximum atomic E-state index is 13.3. The van der Waals surface area contributed by atoms with E-state index in [0.29, 0.717) is 12.1 Å². The van der Waals surface area contributed by atoms with Crippen molar-refractivity contribution in [1.82, 2.24) is 0 Å². The van der Waals surface area contributed by atoms with Gasteiger partial charge in [0.05, 0.1) is 15.6 Å². The third kappa shape index (κ3) is 3.46. The van der Waals surface area contributed by atoms with Crippen LogP contribution in [0, 0.1) is 5.82 Å². The number of nitrogens with one attached hydrogen (secondary N) is 1. The third-order valence-corrected chi connectivity index (χ3v) is 4.67. The molecule has 0 aliphatic heterocycles. The van der Waals surface area contributed by atoms with Crippen LogP contribution in [0.15, 0.2) is 41.3 Å². The molecule has 0 saturated heterocycles. The zero-order valence-corrected chi connectivity index (χ0v) is 12.8. The van der Waals surface area contributed by atoms with Gasteiger partial charge in [-0.1, -0.05) is 24.6 Å². The summed E-state index contributed by atoms with van der Waals surface area (Å²) in [5.74, 6) is -0.697. The molecule has 2 rings (SSSR count). The molecule has 0 heterocycles. The molecule has 0 unspecified atom stereocenters. The lowest BCUT2D eigenvalue weighted by atomic mass is 10.1. The van der Waals surface area contributed by atoms with Crippen molar-refractivity contribution in [2.75, 3.05) is 10.5 Å². The summed E-state index contributed by atoms with van der Waals surface area (Å²) in [6.07, 6.45) is 0.710. The molecule has 0 bridgehead atoms. The third-order valence-electron chi connectivity index (χ3n) is 2.98. The van der Waals surface area contributed by atoms with Crippen LogP contribution in [0.2, 0.25) is 5.02 Å². The summed E-state index contributed by atoms with van der Waals surface area (Å²) >= 11 is 5.55. The Balaban J connectivity index is 2.33. The summed E-state index contributed by atoms with van der Waals surface area (Å²) in [4.78, 5) is 0.0209. The summed E-state index contributed by atoms with van der Waals surface area (Å²) in [6.45, 7) is 1.93. The molecule has 112 valence electrons. The number of anilines is 2. The van der Waals surface area contributed by atoms with Gasteiger partial charge in [0.15, 0.2) is 0 Å². The Labute approximate surface area is 127 Å². The summed E-state index contributed by atoms with van der Waals surface area (Å²) in [5.41, 5.74) is 7.16. The molecule has 0 radical (unpaired) electrons. The molecule has 0 fully saturated rings. The van der Waals surface area contributed by atoms with Gasteiger partial charge in [-0.3, -0.25) is 4.72 Å². The SMILES string of the molecule is CCc1ccc(S(=O)(=O)Nc2ccc(Cl)c(F)c2)cc1N. The van der Waals surface area contributed by atoms with E-state index in [1.54, 1.807) is 6.07 Å². The highest BCUT2D eigenvalue weighted by atomic mass is 35.5. The summed E-state index contributed by atoms with van der Waals surface area (Å²) in [7, 11) is -3.83. The van der Waals surface area contributed by atoms with Crippen molar-refractivity contribution in [3.8, 4) is 0 Å². The zero-order valence-electron chi connectivity index (χ0n) is 11.2. The Hall–Kier alpha value is -1.79. The van der Waals surface area contributed by atoms with Gasteiger partial charge in [0.1, 0.15) is 5.82 Å². The van der Waals surface area contributed by atoms with E-state index in [-0.39, 0.29) is 15.6 Å². The maximum Gasteiger partial charge on any atom is 0.261 e. The lowest BCUT2D eigenvalue weighted by molar-refractivity contribution is 0.601. The number of sulfonamides is 1. The Morgan fingerprint density at radius 3 is 2.52 bits per heavy atom. The fraction of sp³-hybridized carbons (Fsp3) is 0.143. The summed E-state index contributed by atoms with van der Waals surface area (Å²) < 4.78 is 40.1.